The van der Waals surface area contributed by atoms with Gasteiger partial charge in [-0.15, -0.1) is 13.2 Å². The first-order chi connectivity index (χ1) is 7.29. The maximum absolute atomic E-state index is 13.3. The van der Waals surface area contributed by atoms with E-state index in [2.05, 4.69) is 9.47 Å². The van der Waals surface area contributed by atoms with Crippen LogP contribution in [-0.2, 0) is 4.79 Å². The van der Waals surface area contributed by atoms with E-state index >= 15 is 0 Å². The lowest BCUT2D eigenvalue weighted by atomic mass is 10.3. The fourth-order valence-corrected chi connectivity index (χ4v) is 0.928. The molecule has 3 nitrogen and oxygen atoms in total. The van der Waals surface area contributed by atoms with Gasteiger partial charge in [0.05, 0.1) is 0 Å². The first-order valence-electron chi connectivity index (χ1n) is 4.02. The molecule has 0 fully saturated rings. The van der Waals surface area contributed by atoms with Crippen LogP contribution in [0.3, 0.4) is 0 Å². The van der Waals surface area contributed by atoms with Crippen LogP contribution in [0.4, 0.5) is 17.6 Å². The molecule has 0 aliphatic carbocycles. The number of ether oxygens (including phenoxy) is 2. The van der Waals surface area contributed by atoms with Crippen LogP contribution in [0.5, 0.6) is 11.5 Å². The third kappa shape index (κ3) is 3.41. The van der Waals surface area contributed by atoms with E-state index < -0.39 is 29.6 Å². The fourth-order valence-electron chi connectivity index (χ4n) is 0.928. The maximum atomic E-state index is 13.3. The summed E-state index contributed by atoms with van der Waals surface area (Å²) in [5, 5.41) is 0. The van der Waals surface area contributed by atoms with Crippen molar-refractivity contribution in [3.63, 3.8) is 0 Å². The molecule has 7 heteroatoms. The Bertz CT molecular complexity index is 400. The third-order valence-electron chi connectivity index (χ3n) is 1.41. The van der Waals surface area contributed by atoms with Crippen molar-refractivity contribution < 1.29 is 31.8 Å². The lowest BCUT2D eigenvalue weighted by Gasteiger charge is -2.11. The Kier molecular flexibility index (Phi) is 3.36. The molecule has 0 spiro atoms. The number of rotatable bonds is 2. The molecule has 1 rings (SSSR count). The monoisotopic (exact) mass is 238 g/mol. The van der Waals surface area contributed by atoms with Crippen LogP contribution < -0.4 is 9.47 Å². The summed E-state index contributed by atoms with van der Waals surface area (Å²) in [6.07, 6.45) is -5.00. The van der Waals surface area contributed by atoms with E-state index in [1.807, 2.05) is 0 Å². The molecule has 0 aliphatic rings. The van der Waals surface area contributed by atoms with Gasteiger partial charge in [0.2, 0.25) is 5.82 Å². The topological polar surface area (TPSA) is 35.5 Å². The van der Waals surface area contributed by atoms with Crippen molar-refractivity contribution in [2.45, 2.75) is 13.3 Å². The summed E-state index contributed by atoms with van der Waals surface area (Å²) in [4.78, 5) is 10.5. The van der Waals surface area contributed by atoms with E-state index in [0.29, 0.717) is 0 Å². The Labute approximate surface area is 87.6 Å². The molecule has 0 saturated heterocycles. The van der Waals surface area contributed by atoms with Gasteiger partial charge in [-0.2, -0.15) is 4.39 Å². The SMILES string of the molecule is CC(=O)Oc1cccc(OC(F)(F)F)c1F. The Balaban J connectivity index is 2.99. The standard InChI is InChI=1S/C9H6F4O3/c1-5(14)15-6-3-2-4-7(8(6)10)16-9(11,12)13/h2-4H,1H3. The van der Waals surface area contributed by atoms with Gasteiger partial charge in [0.15, 0.2) is 11.5 Å². The van der Waals surface area contributed by atoms with Gasteiger partial charge < -0.3 is 9.47 Å². The molecule has 0 N–H and O–H groups in total. The minimum absolute atomic E-state index is 0.616. The Morgan fingerprint density at radius 1 is 1.25 bits per heavy atom. The Hall–Kier alpha value is -1.79. The first-order valence-corrected chi connectivity index (χ1v) is 4.02. The molecule has 88 valence electrons. The number of halogens is 4. The second kappa shape index (κ2) is 4.38. The zero-order valence-electron chi connectivity index (χ0n) is 7.97. The van der Waals surface area contributed by atoms with Crippen molar-refractivity contribution in [3.8, 4) is 11.5 Å². The van der Waals surface area contributed by atoms with Crippen molar-refractivity contribution in [2.75, 3.05) is 0 Å². The second-order valence-corrected chi connectivity index (χ2v) is 2.71. The first kappa shape index (κ1) is 12.3. The number of carbonyl (C=O) groups is 1. The average Bonchev–Trinajstić information content (AvgIpc) is 2.09. The van der Waals surface area contributed by atoms with E-state index in [1.54, 1.807) is 0 Å². The van der Waals surface area contributed by atoms with E-state index in [0.717, 1.165) is 25.1 Å². The molecule has 0 amide bonds. The van der Waals surface area contributed by atoms with Crippen molar-refractivity contribution in [3.05, 3.63) is 24.0 Å². The summed E-state index contributed by atoms with van der Waals surface area (Å²) >= 11 is 0. The molecule has 1 aromatic rings. The van der Waals surface area contributed by atoms with Gasteiger partial charge in [-0.25, -0.2) is 0 Å². The second-order valence-electron chi connectivity index (χ2n) is 2.71. The van der Waals surface area contributed by atoms with E-state index in [9.17, 15) is 22.4 Å². The quantitative estimate of drug-likeness (QED) is 0.451. The molecule has 0 aliphatic heterocycles. The van der Waals surface area contributed by atoms with Gasteiger partial charge in [-0.05, 0) is 12.1 Å². The Morgan fingerprint density at radius 2 is 1.81 bits per heavy atom. The van der Waals surface area contributed by atoms with Crippen LogP contribution in [0.1, 0.15) is 6.92 Å². The molecule has 1 aromatic carbocycles. The summed E-state index contributed by atoms with van der Waals surface area (Å²) in [5.74, 6) is -3.89. The predicted octanol–water partition coefficient (Wildman–Crippen LogP) is 2.65. The molecule has 0 atom stereocenters. The highest BCUT2D eigenvalue weighted by atomic mass is 19.4. The van der Waals surface area contributed by atoms with Crippen molar-refractivity contribution in [1.29, 1.82) is 0 Å². The minimum Gasteiger partial charge on any atom is -0.423 e. The molecular formula is C9H6F4O3. The summed E-state index contributed by atoms with van der Waals surface area (Å²) in [5.41, 5.74) is 0. The third-order valence-corrected chi connectivity index (χ3v) is 1.41. The van der Waals surface area contributed by atoms with E-state index in [1.165, 1.54) is 0 Å². The van der Waals surface area contributed by atoms with Gasteiger partial charge >= 0.3 is 12.3 Å². The van der Waals surface area contributed by atoms with Crippen molar-refractivity contribution in [2.24, 2.45) is 0 Å². The van der Waals surface area contributed by atoms with Gasteiger partial charge in [0.1, 0.15) is 0 Å². The van der Waals surface area contributed by atoms with Gasteiger partial charge in [-0.1, -0.05) is 6.07 Å². The van der Waals surface area contributed by atoms with Crippen LogP contribution in [0, 0.1) is 5.82 Å². The van der Waals surface area contributed by atoms with Crippen LogP contribution in [0.15, 0.2) is 18.2 Å². The van der Waals surface area contributed by atoms with Gasteiger partial charge in [-0.3, -0.25) is 4.79 Å². The highest BCUT2D eigenvalue weighted by Gasteiger charge is 2.33. The largest absolute Gasteiger partial charge is 0.573 e. The smallest absolute Gasteiger partial charge is 0.423 e. The molecule has 0 bridgehead atoms. The lowest BCUT2D eigenvalue weighted by molar-refractivity contribution is -0.275. The molecular weight excluding hydrogens is 232 g/mol. The summed E-state index contributed by atoms with van der Waals surface area (Å²) in [6.45, 7) is 0.997. The van der Waals surface area contributed by atoms with Crippen LogP contribution in [0.2, 0.25) is 0 Å². The number of esters is 1. The number of hydrogen-bond acceptors (Lipinski definition) is 3. The van der Waals surface area contributed by atoms with Gasteiger partial charge in [0, 0.05) is 6.92 Å². The van der Waals surface area contributed by atoms with Crippen LogP contribution in [-0.4, -0.2) is 12.3 Å². The summed E-state index contributed by atoms with van der Waals surface area (Å²) in [6, 6.07) is 2.86. The minimum atomic E-state index is -5.00. The lowest BCUT2D eigenvalue weighted by Crippen LogP contribution is -2.18. The number of hydrogen-bond donors (Lipinski definition) is 0. The number of benzene rings is 1. The van der Waals surface area contributed by atoms with Crippen LogP contribution >= 0.6 is 0 Å². The van der Waals surface area contributed by atoms with Crippen LogP contribution in [0.25, 0.3) is 0 Å². The molecule has 0 unspecified atom stereocenters. The summed E-state index contributed by atoms with van der Waals surface area (Å²) < 4.78 is 56.4. The highest BCUT2D eigenvalue weighted by molar-refractivity contribution is 5.69. The molecule has 0 aromatic heterocycles. The Morgan fingerprint density at radius 3 is 2.31 bits per heavy atom. The molecule has 0 saturated carbocycles. The predicted molar refractivity (Wildman–Crippen MR) is 44.4 cm³/mol. The number of alkyl halides is 3. The van der Waals surface area contributed by atoms with E-state index in [-0.39, 0.29) is 0 Å². The highest BCUT2D eigenvalue weighted by Crippen LogP contribution is 2.30. The van der Waals surface area contributed by atoms with Gasteiger partial charge in [0.25, 0.3) is 0 Å². The number of carbonyl (C=O) groups excluding carboxylic acids is 1. The normalized spacial score (nSPS) is 11.1. The fraction of sp³-hybridized carbons (Fsp3) is 0.222. The molecule has 16 heavy (non-hydrogen) atoms. The van der Waals surface area contributed by atoms with Crippen molar-refractivity contribution in [1.82, 2.24) is 0 Å². The average molecular weight is 238 g/mol. The summed E-state index contributed by atoms with van der Waals surface area (Å²) in [7, 11) is 0. The zero-order chi connectivity index (χ0) is 12.3. The molecule has 0 radical (unpaired) electrons. The van der Waals surface area contributed by atoms with E-state index in [4.69, 9.17) is 0 Å². The zero-order valence-corrected chi connectivity index (χ0v) is 7.97. The van der Waals surface area contributed by atoms with Crippen molar-refractivity contribution >= 4 is 5.97 Å². The maximum Gasteiger partial charge on any atom is 0.573 e. The molecule has 0 heterocycles.